The van der Waals surface area contributed by atoms with Crippen LogP contribution < -0.4 is 5.48 Å². The van der Waals surface area contributed by atoms with Gasteiger partial charge in [0.25, 0.3) is 0 Å². The monoisotopic (exact) mass is 204 g/mol. The second kappa shape index (κ2) is 3.55. The molecule has 1 aromatic heterocycles. The maximum atomic E-state index is 10.9. The minimum absolute atomic E-state index is 0.108. The number of anilines is 1. The first-order valence-corrected chi connectivity index (χ1v) is 4.25. The van der Waals surface area contributed by atoms with Crippen molar-refractivity contribution in [3.05, 3.63) is 35.9 Å². The molecule has 0 aliphatic carbocycles. The predicted molar refractivity (Wildman–Crippen MR) is 54.1 cm³/mol. The maximum absolute atomic E-state index is 10.9. The molecule has 0 bridgehead atoms. The van der Waals surface area contributed by atoms with Crippen LogP contribution in [0.3, 0.4) is 0 Å². The van der Waals surface area contributed by atoms with Crippen LogP contribution in [-0.2, 0) is 0 Å². The van der Waals surface area contributed by atoms with Crippen LogP contribution in [0.5, 0.6) is 0 Å². The van der Waals surface area contributed by atoms with Crippen molar-refractivity contribution in [3.8, 4) is 0 Å². The van der Waals surface area contributed by atoms with E-state index in [4.69, 9.17) is 10.3 Å². The highest BCUT2D eigenvalue weighted by atomic mass is 16.5. The fourth-order valence-electron chi connectivity index (χ4n) is 1.41. The Labute approximate surface area is 85.0 Å². The summed E-state index contributed by atoms with van der Waals surface area (Å²) < 4.78 is 0. The summed E-state index contributed by atoms with van der Waals surface area (Å²) in [4.78, 5) is 15.0. The third-order valence-electron chi connectivity index (χ3n) is 2.06. The molecule has 3 N–H and O–H groups in total. The van der Waals surface area contributed by atoms with Gasteiger partial charge in [0.1, 0.15) is 0 Å². The number of hydrogen-bond acceptors (Lipinski definition) is 4. The van der Waals surface area contributed by atoms with Gasteiger partial charge in [-0.2, -0.15) is 0 Å². The molecule has 0 atom stereocenters. The fraction of sp³-hybridized carbons (Fsp3) is 0. The Bertz CT molecular complexity index is 525. The van der Waals surface area contributed by atoms with E-state index >= 15 is 0 Å². The second-order valence-corrected chi connectivity index (χ2v) is 2.99. The second-order valence-electron chi connectivity index (χ2n) is 2.99. The third kappa shape index (κ3) is 1.60. The molecule has 0 aliphatic rings. The van der Waals surface area contributed by atoms with Gasteiger partial charge in [0, 0.05) is 5.39 Å². The van der Waals surface area contributed by atoms with E-state index in [1.165, 1.54) is 6.07 Å². The summed E-state index contributed by atoms with van der Waals surface area (Å²) in [5.74, 6) is -0.934. The number of pyridine rings is 1. The van der Waals surface area contributed by atoms with E-state index in [2.05, 4.69) is 4.98 Å². The predicted octanol–water partition coefficient (Wildman–Crippen LogP) is 1.73. The van der Waals surface area contributed by atoms with Crippen LogP contribution in [0.4, 0.5) is 5.82 Å². The molecule has 0 saturated heterocycles. The first-order valence-electron chi connectivity index (χ1n) is 4.25. The van der Waals surface area contributed by atoms with Crippen molar-refractivity contribution in [1.29, 1.82) is 0 Å². The molecule has 2 aromatic rings. The van der Waals surface area contributed by atoms with E-state index in [1.807, 2.05) is 5.48 Å². The Hall–Kier alpha value is -2.14. The SMILES string of the molecule is O=C(O)c1cc(NO)nc2ccccc12. The topological polar surface area (TPSA) is 82.5 Å². The molecule has 2 rings (SSSR count). The number of rotatable bonds is 2. The molecule has 15 heavy (non-hydrogen) atoms. The van der Waals surface area contributed by atoms with Gasteiger partial charge < -0.3 is 5.11 Å². The zero-order chi connectivity index (χ0) is 10.8. The number of hydrogen-bond donors (Lipinski definition) is 3. The number of benzene rings is 1. The van der Waals surface area contributed by atoms with Crippen LogP contribution in [0.2, 0.25) is 0 Å². The molecule has 0 amide bonds. The van der Waals surface area contributed by atoms with Gasteiger partial charge in [0.15, 0.2) is 5.82 Å². The van der Waals surface area contributed by atoms with Crippen molar-refractivity contribution in [2.75, 3.05) is 5.48 Å². The Morgan fingerprint density at radius 1 is 1.33 bits per heavy atom. The normalized spacial score (nSPS) is 10.2. The number of para-hydroxylation sites is 1. The summed E-state index contributed by atoms with van der Waals surface area (Å²) in [5.41, 5.74) is 2.47. The summed E-state index contributed by atoms with van der Waals surface area (Å²) in [5, 5.41) is 18.2. The smallest absolute Gasteiger partial charge is 0.336 e. The van der Waals surface area contributed by atoms with Gasteiger partial charge in [0.05, 0.1) is 11.1 Å². The number of aromatic nitrogens is 1. The van der Waals surface area contributed by atoms with E-state index in [0.717, 1.165) is 0 Å². The van der Waals surface area contributed by atoms with Crippen molar-refractivity contribution < 1.29 is 15.1 Å². The van der Waals surface area contributed by atoms with E-state index in [9.17, 15) is 4.79 Å². The summed E-state index contributed by atoms with van der Waals surface area (Å²) in [7, 11) is 0. The van der Waals surface area contributed by atoms with Crippen LogP contribution in [0, 0.1) is 0 Å². The van der Waals surface area contributed by atoms with E-state index in [1.54, 1.807) is 24.3 Å². The Balaban J connectivity index is 2.80. The van der Waals surface area contributed by atoms with E-state index in [0.29, 0.717) is 10.9 Å². The minimum atomic E-state index is -1.05. The highest BCUT2D eigenvalue weighted by Crippen LogP contribution is 2.20. The Morgan fingerprint density at radius 2 is 2.07 bits per heavy atom. The first-order chi connectivity index (χ1) is 7.22. The molecular formula is C10H8N2O3. The summed E-state index contributed by atoms with van der Waals surface area (Å²) in [6.45, 7) is 0. The number of carboxylic acids is 1. The lowest BCUT2D eigenvalue weighted by Crippen LogP contribution is -2.02. The van der Waals surface area contributed by atoms with Gasteiger partial charge in [-0.05, 0) is 12.1 Å². The molecule has 1 heterocycles. The van der Waals surface area contributed by atoms with Crippen molar-refractivity contribution in [2.45, 2.75) is 0 Å². The van der Waals surface area contributed by atoms with Crippen molar-refractivity contribution in [3.63, 3.8) is 0 Å². The lowest BCUT2D eigenvalue weighted by molar-refractivity contribution is 0.0699. The number of nitrogens with zero attached hydrogens (tertiary/aromatic N) is 1. The molecule has 0 saturated carbocycles. The standard InChI is InChI=1S/C10H8N2O3/c13-10(14)7-5-9(12-15)11-8-4-2-1-3-6(7)8/h1-5,15H,(H,11,12)(H,13,14). The van der Waals surface area contributed by atoms with Gasteiger partial charge in [-0.15, -0.1) is 0 Å². The average molecular weight is 204 g/mol. The zero-order valence-electron chi connectivity index (χ0n) is 7.64. The number of aromatic carboxylic acids is 1. The number of fused-ring (bicyclic) bond motifs is 1. The lowest BCUT2D eigenvalue weighted by atomic mass is 10.1. The van der Waals surface area contributed by atoms with Crippen LogP contribution >= 0.6 is 0 Å². The van der Waals surface area contributed by atoms with Crippen LogP contribution in [0.25, 0.3) is 10.9 Å². The van der Waals surface area contributed by atoms with E-state index in [-0.39, 0.29) is 11.4 Å². The molecular weight excluding hydrogens is 196 g/mol. The molecule has 5 nitrogen and oxygen atoms in total. The quantitative estimate of drug-likeness (QED) is 0.649. The highest BCUT2D eigenvalue weighted by Gasteiger charge is 2.10. The number of carbonyl (C=O) groups is 1. The number of carboxylic acid groups (broad SMARTS) is 1. The van der Waals surface area contributed by atoms with Crippen LogP contribution in [0.1, 0.15) is 10.4 Å². The van der Waals surface area contributed by atoms with Crippen LogP contribution in [-0.4, -0.2) is 21.3 Å². The maximum Gasteiger partial charge on any atom is 0.336 e. The number of nitrogens with one attached hydrogen (secondary N) is 1. The Kier molecular flexibility index (Phi) is 2.23. The van der Waals surface area contributed by atoms with Gasteiger partial charge in [-0.3, -0.25) is 10.7 Å². The zero-order valence-corrected chi connectivity index (χ0v) is 7.64. The lowest BCUT2D eigenvalue weighted by Gasteiger charge is -2.04. The molecule has 0 spiro atoms. The summed E-state index contributed by atoms with van der Waals surface area (Å²) >= 11 is 0. The molecule has 0 fully saturated rings. The van der Waals surface area contributed by atoms with Gasteiger partial charge >= 0.3 is 5.97 Å². The first kappa shape index (κ1) is 9.42. The largest absolute Gasteiger partial charge is 0.478 e. The summed E-state index contributed by atoms with van der Waals surface area (Å²) in [6.07, 6.45) is 0. The molecule has 5 heteroatoms. The molecule has 0 aliphatic heterocycles. The average Bonchev–Trinajstić information content (AvgIpc) is 2.27. The minimum Gasteiger partial charge on any atom is -0.478 e. The van der Waals surface area contributed by atoms with Gasteiger partial charge in [0.2, 0.25) is 0 Å². The molecule has 76 valence electrons. The van der Waals surface area contributed by atoms with Gasteiger partial charge in [-0.25, -0.2) is 9.78 Å². The van der Waals surface area contributed by atoms with Crippen molar-refractivity contribution in [2.24, 2.45) is 0 Å². The third-order valence-corrected chi connectivity index (χ3v) is 2.06. The Morgan fingerprint density at radius 3 is 2.73 bits per heavy atom. The fourth-order valence-corrected chi connectivity index (χ4v) is 1.41. The van der Waals surface area contributed by atoms with Crippen molar-refractivity contribution >= 4 is 22.7 Å². The molecule has 0 radical (unpaired) electrons. The molecule has 0 unspecified atom stereocenters. The van der Waals surface area contributed by atoms with Crippen molar-refractivity contribution in [1.82, 2.24) is 4.98 Å². The molecule has 1 aromatic carbocycles. The van der Waals surface area contributed by atoms with Gasteiger partial charge in [-0.1, -0.05) is 18.2 Å². The highest BCUT2D eigenvalue weighted by molar-refractivity contribution is 6.03. The van der Waals surface area contributed by atoms with Crippen LogP contribution in [0.15, 0.2) is 30.3 Å². The van der Waals surface area contributed by atoms with E-state index < -0.39 is 5.97 Å². The summed E-state index contributed by atoms with van der Waals surface area (Å²) in [6, 6.07) is 8.13.